The largest absolute Gasteiger partial charge is 0.373 e. The molecule has 0 saturated carbocycles. The molecule has 0 aromatic carbocycles. The van der Waals surface area contributed by atoms with E-state index >= 15 is 0 Å². The number of hydrogen-bond acceptors (Lipinski definition) is 4. The van der Waals surface area contributed by atoms with E-state index in [-0.39, 0.29) is 5.97 Å². The average Bonchev–Trinajstić information content (AvgIpc) is 1.83. The second kappa shape index (κ2) is 4.64. The standard InChI is InChI=1S/C5H11NO2S/c1-4(2)9-3-5(7)8-6/h4H,3,6H2,1-2H3. The Kier molecular flexibility index (Phi) is 4.53. The summed E-state index contributed by atoms with van der Waals surface area (Å²) in [4.78, 5) is 14.3. The lowest BCUT2D eigenvalue weighted by Gasteiger charge is -2.00. The third-order valence-electron chi connectivity index (χ3n) is 0.666. The second-order valence-corrected chi connectivity index (χ2v) is 3.41. The predicted octanol–water partition coefficient (Wildman–Crippen LogP) is 0.545. The molecule has 0 fully saturated rings. The van der Waals surface area contributed by atoms with Gasteiger partial charge in [-0.3, -0.25) is 0 Å². The summed E-state index contributed by atoms with van der Waals surface area (Å²) in [6, 6.07) is 0. The summed E-state index contributed by atoms with van der Waals surface area (Å²) < 4.78 is 0. The number of carbonyl (C=O) groups is 1. The minimum atomic E-state index is -0.367. The van der Waals surface area contributed by atoms with Crippen molar-refractivity contribution in [2.75, 3.05) is 5.75 Å². The first kappa shape index (κ1) is 8.78. The lowest BCUT2D eigenvalue weighted by atomic mass is 10.6. The van der Waals surface area contributed by atoms with Gasteiger partial charge in [-0.1, -0.05) is 13.8 Å². The van der Waals surface area contributed by atoms with Gasteiger partial charge in [-0.05, 0) is 5.25 Å². The minimum absolute atomic E-state index is 0.341. The van der Waals surface area contributed by atoms with E-state index < -0.39 is 0 Å². The second-order valence-electron chi connectivity index (χ2n) is 1.85. The topological polar surface area (TPSA) is 52.3 Å². The zero-order valence-corrected chi connectivity index (χ0v) is 6.40. The maximum Gasteiger partial charge on any atom is 0.334 e. The van der Waals surface area contributed by atoms with Gasteiger partial charge in [-0.25, -0.2) is 4.79 Å². The van der Waals surface area contributed by atoms with Crippen LogP contribution in [0.4, 0.5) is 0 Å². The monoisotopic (exact) mass is 149 g/mol. The van der Waals surface area contributed by atoms with Crippen LogP contribution in [-0.2, 0) is 9.63 Å². The van der Waals surface area contributed by atoms with Crippen LogP contribution in [0.3, 0.4) is 0 Å². The molecule has 0 aromatic rings. The van der Waals surface area contributed by atoms with Gasteiger partial charge in [0, 0.05) is 0 Å². The number of nitrogens with two attached hydrogens (primary N) is 1. The van der Waals surface area contributed by atoms with Gasteiger partial charge in [0.2, 0.25) is 0 Å². The molecule has 3 nitrogen and oxygen atoms in total. The van der Waals surface area contributed by atoms with Crippen molar-refractivity contribution in [3.8, 4) is 0 Å². The van der Waals surface area contributed by atoms with Crippen LogP contribution in [0.15, 0.2) is 0 Å². The normalized spacial score (nSPS) is 9.78. The molecule has 0 rings (SSSR count). The molecule has 4 heteroatoms. The lowest BCUT2D eigenvalue weighted by Crippen LogP contribution is -2.13. The molecule has 0 heterocycles. The molecule has 0 aliphatic carbocycles. The molecule has 2 N–H and O–H groups in total. The Bertz CT molecular complexity index is 95.0. The third-order valence-corrected chi connectivity index (χ3v) is 1.73. The van der Waals surface area contributed by atoms with Crippen LogP contribution >= 0.6 is 11.8 Å². The van der Waals surface area contributed by atoms with Crippen molar-refractivity contribution >= 4 is 17.7 Å². The van der Waals surface area contributed by atoms with E-state index in [4.69, 9.17) is 0 Å². The molecular weight excluding hydrogens is 138 g/mol. The predicted molar refractivity (Wildman–Crippen MR) is 37.9 cm³/mol. The molecule has 0 unspecified atom stereocenters. The summed E-state index contributed by atoms with van der Waals surface area (Å²) in [6.45, 7) is 4.02. The van der Waals surface area contributed by atoms with Gasteiger partial charge in [-0.2, -0.15) is 5.90 Å². The van der Waals surface area contributed by atoms with Crippen molar-refractivity contribution in [1.29, 1.82) is 0 Å². The van der Waals surface area contributed by atoms with Crippen LogP contribution in [0.5, 0.6) is 0 Å². The van der Waals surface area contributed by atoms with Gasteiger partial charge in [0.05, 0.1) is 5.75 Å². The number of rotatable bonds is 3. The number of carbonyl (C=O) groups excluding carboxylic acids is 1. The lowest BCUT2D eigenvalue weighted by molar-refractivity contribution is -0.140. The maximum atomic E-state index is 10.3. The van der Waals surface area contributed by atoms with Gasteiger partial charge in [0.25, 0.3) is 0 Å². The van der Waals surface area contributed by atoms with E-state index in [1.54, 1.807) is 0 Å². The summed E-state index contributed by atoms with van der Waals surface area (Å²) >= 11 is 1.51. The summed E-state index contributed by atoms with van der Waals surface area (Å²) in [5.41, 5.74) is 0. The molecule has 0 bridgehead atoms. The highest BCUT2D eigenvalue weighted by Crippen LogP contribution is 2.07. The van der Waals surface area contributed by atoms with Crippen molar-refractivity contribution < 1.29 is 9.63 Å². The van der Waals surface area contributed by atoms with Gasteiger partial charge in [0.15, 0.2) is 0 Å². The fourth-order valence-electron chi connectivity index (χ4n) is 0.269. The Balaban J connectivity index is 3.17. The Labute approximate surface area is 58.9 Å². The first-order valence-electron chi connectivity index (χ1n) is 2.68. The zero-order chi connectivity index (χ0) is 7.28. The zero-order valence-electron chi connectivity index (χ0n) is 5.59. The smallest absolute Gasteiger partial charge is 0.334 e. The van der Waals surface area contributed by atoms with Gasteiger partial charge in [-0.15, -0.1) is 11.8 Å². The molecule has 54 valence electrons. The van der Waals surface area contributed by atoms with E-state index in [0.717, 1.165) is 0 Å². The third kappa shape index (κ3) is 5.65. The Morgan fingerprint density at radius 2 is 2.33 bits per heavy atom. The molecule has 0 aliphatic rings. The van der Waals surface area contributed by atoms with Crippen molar-refractivity contribution in [2.45, 2.75) is 19.1 Å². The fourth-order valence-corrected chi connectivity index (χ4v) is 0.806. The van der Waals surface area contributed by atoms with Gasteiger partial charge < -0.3 is 4.84 Å². The van der Waals surface area contributed by atoms with Crippen LogP contribution in [0, 0.1) is 0 Å². The number of hydrogen-bond donors (Lipinski definition) is 1. The van der Waals surface area contributed by atoms with Crippen molar-refractivity contribution in [3.63, 3.8) is 0 Å². The highest BCUT2D eigenvalue weighted by atomic mass is 32.2. The molecule has 0 atom stereocenters. The molecule has 0 radical (unpaired) electrons. The average molecular weight is 149 g/mol. The number of thioether (sulfide) groups is 1. The van der Waals surface area contributed by atoms with E-state index in [9.17, 15) is 4.79 Å². The molecule has 0 spiro atoms. The Morgan fingerprint density at radius 1 is 1.78 bits per heavy atom. The maximum absolute atomic E-state index is 10.3. The summed E-state index contributed by atoms with van der Waals surface area (Å²) in [6.07, 6.45) is 0. The quantitative estimate of drug-likeness (QED) is 0.595. The molecular formula is C5H11NO2S. The van der Waals surface area contributed by atoms with E-state index in [0.29, 0.717) is 11.0 Å². The molecule has 0 saturated heterocycles. The van der Waals surface area contributed by atoms with Crippen molar-refractivity contribution in [1.82, 2.24) is 0 Å². The van der Waals surface area contributed by atoms with Crippen LogP contribution < -0.4 is 5.90 Å². The SMILES string of the molecule is CC(C)SCC(=O)ON. The first-order valence-corrected chi connectivity index (χ1v) is 3.73. The van der Waals surface area contributed by atoms with E-state index in [2.05, 4.69) is 10.7 Å². The van der Waals surface area contributed by atoms with Crippen LogP contribution in [0.25, 0.3) is 0 Å². The Morgan fingerprint density at radius 3 is 2.67 bits per heavy atom. The first-order chi connectivity index (χ1) is 4.16. The van der Waals surface area contributed by atoms with Crippen LogP contribution in [0.2, 0.25) is 0 Å². The van der Waals surface area contributed by atoms with Gasteiger partial charge in [0.1, 0.15) is 0 Å². The molecule has 0 aliphatic heterocycles. The Hall–Kier alpha value is -0.220. The van der Waals surface area contributed by atoms with Crippen molar-refractivity contribution in [2.24, 2.45) is 5.90 Å². The minimum Gasteiger partial charge on any atom is -0.373 e. The molecule has 0 amide bonds. The van der Waals surface area contributed by atoms with Crippen LogP contribution in [0.1, 0.15) is 13.8 Å². The van der Waals surface area contributed by atoms with E-state index in [1.165, 1.54) is 11.8 Å². The fraction of sp³-hybridized carbons (Fsp3) is 0.800. The van der Waals surface area contributed by atoms with E-state index in [1.807, 2.05) is 13.8 Å². The summed E-state index contributed by atoms with van der Waals surface area (Å²) in [5, 5.41) is 0.448. The molecule has 0 aromatic heterocycles. The van der Waals surface area contributed by atoms with Gasteiger partial charge >= 0.3 is 5.97 Å². The summed E-state index contributed by atoms with van der Waals surface area (Å²) in [5.74, 6) is 4.57. The highest BCUT2D eigenvalue weighted by molar-refractivity contribution is 8.00. The van der Waals surface area contributed by atoms with Crippen LogP contribution in [-0.4, -0.2) is 17.0 Å². The van der Waals surface area contributed by atoms with Crippen molar-refractivity contribution in [3.05, 3.63) is 0 Å². The highest BCUT2D eigenvalue weighted by Gasteiger charge is 2.01. The molecule has 9 heavy (non-hydrogen) atoms. The summed E-state index contributed by atoms with van der Waals surface area (Å²) in [7, 11) is 0.